The molecule has 1 aromatic heterocycles. The molecule has 0 amide bonds. The second-order valence-corrected chi connectivity index (χ2v) is 6.76. The minimum Gasteiger partial charge on any atom is -0.279 e. The van der Waals surface area contributed by atoms with Crippen molar-refractivity contribution in [3.8, 4) is 0 Å². The number of rotatable bonds is 2. The van der Waals surface area contributed by atoms with Crippen molar-refractivity contribution in [2.45, 2.75) is 18.7 Å². The highest BCUT2D eigenvalue weighted by atomic mass is 32.2. The van der Waals surface area contributed by atoms with Gasteiger partial charge in [-0.1, -0.05) is 47.5 Å². The zero-order valence-corrected chi connectivity index (χ0v) is 13.5. The Hall–Kier alpha value is -2.19. The van der Waals surface area contributed by atoms with E-state index in [2.05, 4.69) is 84.5 Å². The van der Waals surface area contributed by atoms with Crippen LogP contribution in [0.15, 0.2) is 71.6 Å². The molecule has 4 aromatic rings. The summed E-state index contributed by atoms with van der Waals surface area (Å²) in [5, 5.41) is 2.65. The normalized spacial score (nSPS) is 11.4. The highest BCUT2D eigenvalue weighted by Crippen LogP contribution is 2.35. The fourth-order valence-electron chi connectivity index (χ4n) is 2.85. The Balaban J connectivity index is 1.96. The predicted octanol–water partition coefficient (Wildman–Crippen LogP) is 5.97. The molecule has 0 saturated carbocycles. The van der Waals surface area contributed by atoms with Crippen LogP contribution in [0.3, 0.4) is 0 Å². The fourth-order valence-corrected chi connectivity index (χ4v) is 3.84. The van der Waals surface area contributed by atoms with E-state index in [1.165, 1.54) is 37.8 Å². The van der Waals surface area contributed by atoms with E-state index in [0.717, 1.165) is 0 Å². The molecule has 0 N–H and O–H groups in total. The van der Waals surface area contributed by atoms with Gasteiger partial charge in [0.05, 0.1) is 11.0 Å². The first kappa shape index (κ1) is 13.5. The Kier molecular flexibility index (Phi) is 3.20. The SMILES string of the molecule is Cc1ccc(Sn2c3ccccc3c3cc(C)ccc32)cc1. The number of aromatic nitrogens is 1. The summed E-state index contributed by atoms with van der Waals surface area (Å²) in [5.74, 6) is 0. The molecule has 0 atom stereocenters. The van der Waals surface area contributed by atoms with E-state index in [-0.39, 0.29) is 0 Å². The third-order valence-electron chi connectivity index (χ3n) is 4.00. The summed E-state index contributed by atoms with van der Waals surface area (Å²) in [6.45, 7) is 4.27. The summed E-state index contributed by atoms with van der Waals surface area (Å²) in [4.78, 5) is 1.26. The van der Waals surface area contributed by atoms with E-state index in [1.54, 1.807) is 11.9 Å². The lowest BCUT2D eigenvalue weighted by Gasteiger charge is -2.07. The van der Waals surface area contributed by atoms with Crippen molar-refractivity contribution < 1.29 is 0 Å². The van der Waals surface area contributed by atoms with Gasteiger partial charge in [-0.3, -0.25) is 3.97 Å². The minimum absolute atomic E-state index is 1.26. The Morgan fingerprint density at radius 1 is 0.682 bits per heavy atom. The average molecular weight is 303 g/mol. The molecule has 0 bridgehead atoms. The van der Waals surface area contributed by atoms with Crippen LogP contribution in [0.2, 0.25) is 0 Å². The quantitative estimate of drug-likeness (QED) is 0.442. The lowest BCUT2D eigenvalue weighted by atomic mass is 10.1. The van der Waals surface area contributed by atoms with E-state index in [4.69, 9.17) is 0 Å². The van der Waals surface area contributed by atoms with Gasteiger partial charge in [-0.15, -0.1) is 0 Å². The largest absolute Gasteiger partial charge is 0.279 e. The maximum Gasteiger partial charge on any atom is 0.0608 e. The molecule has 0 spiro atoms. The molecule has 0 aliphatic rings. The molecule has 22 heavy (non-hydrogen) atoms. The van der Waals surface area contributed by atoms with Crippen LogP contribution in [0.5, 0.6) is 0 Å². The van der Waals surface area contributed by atoms with E-state index in [9.17, 15) is 0 Å². The Morgan fingerprint density at radius 3 is 2.18 bits per heavy atom. The molecular formula is C20H17NS. The van der Waals surface area contributed by atoms with E-state index >= 15 is 0 Å². The Morgan fingerprint density at radius 2 is 1.36 bits per heavy atom. The van der Waals surface area contributed by atoms with E-state index in [1.807, 2.05) is 0 Å². The zero-order chi connectivity index (χ0) is 15.1. The molecule has 0 radical (unpaired) electrons. The van der Waals surface area contributed by atoms with Gasteiger partial charge in [0.25, 0.3) is 0 Å². The van der Waals surface area contributed by atoms with Gasteiger partial charge in [-0.05, 0) is 56.1 Å². The number of nitrogens with zero attached hydrogens (tertiary/aromatic N) is 1. The summed E-state index contributed by atoms with van der Waals surface area (Å²) in [6, 6.07) is 24.0. The van der Waals surface area contributed by atoms with E-state index < -0.39 is 0 Å². The number of fused-ring (bicyclic) bond motifs is 3. The molecule has 0 aliphatic heterocycles. The first-order valence-electron chi connectivity index (χ1n) is 7.47. The lowest BCUT2D eigenvalue weighted by Crippen LogP contribution is -1.86. The summed E-state index contributed by atoms with van der Waals surface area (Å²) >= 11 is 1.78. The maximum atomic E-state index is 2.34. The number of benzene rings is 3. The van der Waals surface area contributed by atoms with Crippen LogP contribution >= 0.6 is 11.9 Å². The molecule has 2 heteroatoms. The number of aryl methyl sites for hydroxylation is 2. The predicted molar refractivity (Wildman–Crippen MR) is 96.6 cm³/mol. The smallest absolute Gasteiger partial charge is 0.0608 e. The highest BCUT2D eigenvalue weighted by Gasteiger charge is 2.11. The van der Waals surface area contributed by atoms with Crippen LogP contribution in [0, 0.1) is 13.8 Å². The van der Waals surface area contributed by atoms with Crippen LogP contribution in [0.4, 0.5) is 0 Å². The Bertz CT molecular complexity index is 964. The number of para-hydroxylation sites is 1. The Labute approximate surface area is 134 Å². The van der Waals surface area contributed by atoms with Gasteiger partial charge in [0.15, 0.2) is 0 Å². The maximum absolute atomic E-state index is 2.34. The lowest BCUT2D eigenvalue weighted by molar-refractivity contribution is 1.34. The molecular weight excluding hydrogens is 286 g/mol. The molecule has 4 rings (SSSR count). The fraction of sp³-hybridized carbons (Fsp3) is 0.100. The highest BCUT2D eigenvalue weighted by molar-refractivity contribution is 7.98. The second kappa shape index (κ2) is 5.22. The van der Waals surface area contributed by atoms with Gasteiger partial charge < -0.3 is 0 Å². The average Bonchev–Trinajstić information content (AvgIpc) is 2.83. The van der Waals surface area contributed by atoms with Crippen molar-refractivity contribution in [3.05, 3.63) is 77.9 Å². The standard InChI is InChI=1S/C20H17NS/c1-14-7-10-16(11-8-14)22-21-19-6-4-3-5-17(19)18-13-15(2)9-12-20(18)21/h3-13H,1-2H3. The van der Waals surface area contributed by atoms with Gasteiger partial charge in [-0.2, -0.15) is 0 Å². The molecule has 0 aliphatic carbocycles. The molecule has 1 heterocycles. The van der Waals surface area contributed by atoms with Crippen molar-refractivity contribution in [1.29, 1.82) is 0 Å². The number of hydrogen-bond acceptors (Lipinski definition) is 1. The summed E-state index contributed by atoms with van der Waals surface area (Å²) in [6.07, 6.45) is 0. The molecule has 3 aromatic carbocycles. The first-order valence-corrected chi connectivity index (χ1v) is 8.24. The second-order valence-electron chi connectivity index (χ2n) is 5.74. The van der Waals surface area contributed by atoms with Crippen molar-refractivity contribution in [3.63, 3.8) is 0 Å². The van der Waals surface area contributed by atoms with Crippen molar-refractivity contribution in [2.24, 2.45) is 0 Å². The molecule has 0 fully saturated rings. The van der Waals surface area contributed by atoms with Gasteiger partial charge in [0.2, 0.25) is 0 Å². The van der Waals surface area contributed by atoms with Crippen LogP contribution in [0.25, 0.3) is 21.8 Å². The topological polar surface area (TPSA) is 4.93 Å². The summed E-state index contributed by atoms with van der Waals surface area (Å²) in [5.41, 5.74) is 5.14. The van der Waals surface area contributed by atoms with Gasteiger partial charge >= 0.3 is 0 Å². The van der Waals surface area contributed by atoms with Crippen LogP contribution in [-0.4, -0.2) is 3.97 Å². The van der Waals surface area contributed by atoms with Crippen molar-refractivity contribution in [2.75, 3.05) is 0 Å². The van der Waals surface area contributed by atoms with Crippen LogP contribution in [-0.2, 0) is 0 Å². The monoisotopic (exact) mass is 303 g/mol. The van der Waals surface area contributed by atoms with Crippen LogP contribution < -0.4 is 0 Å². The third-order valence-corrected chi connectivity index (χ3v) is 5.06. The van der Waals surface area contributed by atoms with Crippen LogP contribution in [0.1, 0.15) is 11.1 Å². The molecule has 1 nitrogen and oxygen atoms in total. The van der Waals surface area contributed by atoms with Gasteiger partial charge in [0.1, 0.15) is 0 Å². The third kappa shape index (κ3) is 2.20. The molecule has 0 saturated heterocycles. The molecule has 108 valence electrons. The summed E-state index contributed by atoms with van der Waals surface area (Å²) < 4.78 is 2.34. The van der Waals surface area contributed by atoms with E-state index in [0.29, 0.717) is 0 Å². The minimum atomic E-state index is 1.26. The van der Waals surface area contributed by atoms with Gasteiger partial charge in [0, 0.05) is 15.7 Å². The zero-order valence-electron chi connectivity index (χ0n) is 12.7. The number of hydrogen-bond donors (Lipinski definition) is 0. The molecule has 0 unspecified atom stereocenters. The van der Waals surface area contributed by atoms with Crippen molar-refractivity contribution in [1.82, 2.24) is 3.97 Å². The van der Waals surface area contributed by atoms with Gasteiger partial charge in [-0.25, -0.2) is 0 Å². The summed E-state index contributed by atoms with van der Waals surface area (Å²) in [7, 11) is 0. The first-order chi connectivity index (χ1) is 10.7. The van der Waals surface area contributed by atoms with Crippen molar-refractivity contribution >= 4 is 33.8 Å².